The molecule has 0 amide bonds. The van der Waals surface area contributed by atoms with Gasteiger partial charge in [-0.2, -0.15) is 0 Å². The van der Waals surface area contributed by atoms with Gasteiger partial charge in [-0.1, -0.05) is 20.8 Å². The van der Waals surface area contributed by atoms with E-state index in [2.05, 4.69) is 88.6 Å². The normalized spacial score (nSPS) is 30.7. The Kier molecular flexibility index (Phi) is 9.42. The van der Waals surface area contributed by atoms with Gasteiger partial charge in [0.2, 0.25) is 0 Å². The maximum atomic E-state index is 5.90. The average molecular weight is 439 g/mol. The summed E-state index contributed by atoms with van der Waals surface area (Å²) in [4.78, 5) is 0. The molecule has 0 aliphatic carbocycles. The molecule has 0 N–H and O–H groups in total. The van der Waals surface area contributed by atoms with Crippen molar-refractivity contribution in [2.24, 2.45) is 10.8 Å². The molecule has 0 bridgehead atoms. The van der Waals surface area contributed by atoms with Crippen LogP contribution in [0.5, 0.6) is 0 Å². The molecule has 0 atom stereocenters. The third kappa shape index (κ3) is 9.21. The first-order chi connectivity index (χ1) is 12.1. The van der Waals surface area contributed by atoms with Crippen LogP contribution in [0.2, 0.25) is 0 Å². The van der Waals surface area contributed by atoms with Crippen LogP contribution in [-0.2, 0) is 9.47 Å². The van der Waals surface area contributed by atoms with Crippen LogP contribution >= 0.6 is 47.0 Å². The summed E-state index contributed by atoms with van der Waals surface area (Å²) >= 11 is 8.71. The molecule has 2 fully saturated rings. The highest BCUT2D eigenvalue weighted by atomic mass is 32.2. The summed E-state index contributed by atoms with van der Waals surface area (Å²) < 4.78 is 13.2. The van der Waals surface area contributed by atoms with Gasteiger partial charge in [-0.3, -0.25) is 0 Å². The Hall–Kier alpha value is 1.32. The monoisotopic (exact) mass is 438 g/mol. The molecular weight excluding hydrogens is 400 g/mol. The molecule has 2 saturated heterocycles. The summed E-state index contributed by atoms with van der Waals surface area (Å²) in [5.74, 6) is 5.31. The second kappa shape index (κ2) is 10.4. The zero-order chi connectivity index (χ0) is 19.3. The fourth-order valence-electron chi connectivity index (χ4n) is 2.78. The minimum Gasteiger partial charge on any atom is -0.381 e. The van der Waals surface area contributed by atoms with Gasteiger partial charge in [0.1, 0.15) is 0 Å². The van der Waals surface area contributed by atoms with Crippen LogP contribution in [0, 0.1) is 10.8 Å². The van der Waals surface area contributed by atoms with Gasteiger partial charge in [0.15, 0.2) is 0 Å². The largest absolute Gasteiger partial charge is 0.381 e. The number of rotatable bonds is 7. The zero-order valence-corrected chi connectivity index (χ0v) is 20.7. The summed E-state index contributed by atoms with van der Waals surface area (Å²) in [7, 11) is 0. The lowest BCUT2D eigenvalue weighted by Gasteiger charge is -2.43. The Balaban J connectivity index is 1.59. The summed E-state index contributed by atoms with van der Waals surface area (Å²) in [5.41, 5.74) is 0.824. The van der Waals surface area contributed by atoms with Gasteiger partial charge in [-0.15, -0.1) is 47.0 Å². The quantitative estimate of drug-likeness (QED) is 0.435. The van der Waals surface area contributed by atoms with E-state index in [0.717, 1.165) is 29.0 Å². The molecule has 2 rings (SSSR count). The second-order valence-electron chi connectivity index (χ2n) is 9.75. The van der Waals surface area contributed by atoms with E-state index >= 15 is 0 Å². The molecule has 0 saturated carbocycles. The Morgan fingerprint density at radius 1 is 0.769 bits per heavy atom. The highest BCUT2D eigenvalue weighted by Crippen LogP contribution is 2.50. The van der Waals surface area contributed by atoms with Crippen molar-refractivity contribution in [2.45, 2.75) is 69.1 Å². The maximum Gasteiger partial charge on any atom is 0.0598 e. The van der Waals surface area contributed by atoms with Crippen molar-refractivity contribution < 1.29 is 9.47 Å². The third-order valence-corrected chi connectivity index (χ3v) is 11.4. The van der Waals surface area contributed by atoms with Gasteiger partial charge in [0, 0.05) is 41.6 Å². The van der Waals surface area contributed by atoms with E-state index in [1.165, 1.54) is 35.9 Å². The van der Waals surface area contributed by atoms with Crippen molar-refractivity contribution in [3.63, 3.8) is 0 Å². The third-order valence-electron chi connectivity index (χ3n) is 4.22. The van der Waals surface area contributed by atoms with Crippen molar-refractivity contribution in [1.29, 1.82) is 0 Å². The zero-order valence-electron chi connectivity index (χ0n) is 17.5. The Labute approximate surface area is 178 Å². The molecule has 2 aliphatic heterocycles. The fraction of sp³-hybridized carbons (Fsp3) is 1.00. The molecule has 0 unspecified atom stereocenters. The predicted molar refractivity (Wildman–Crippen MR) is 125 cm³/mol. The highest BCUT2D eigenvalue weighted by molar-refractivity contribution is 8.19. The van der Waals surface area contributed by atoms with Crippen LogP contribution in [0.3, 0.4) is 0 Å². The average Bonchev–Trinajstić information content (AvgIpc) is 2.53. The molecule has 1 spiro atoms. The van der Waals surface area contributed by atoms with E-state index in [1.807, 2.05) is 0 Å². The first-order valence-electron chi connectivity index (χ1n) is 9.75. The van der Waals surface area contributed by atoms with Crippen LogP contribution in [0.1, 0.15) is 54.4 Å². The van der Waals surface area contributed by atoms with Gasteiger partial charge in [0.25, 0.3) is 0 Å². The number of ether oxygens (including phenoxy) is 2. The summed E-state index contributed by atoms with van der Waals surface area (Å²) in [6.07, 6.45) is 2.37. The number of thioether (sulfide) groups is 4. The van der Waals surface area contributed by atoms with Crippen molar-refractivity contribution in [3.05, 3.63) is 0 Å². The van der Waals surface area contributed by atoms with E-state index in [1.54, 1.807) is 0 Å². The van der Waals surface area contributed by atoms with Crippen LogP contribution in [0.4, 0.5) is 0 Å². The van der Waals surface area contributed by atoms with Gasteiger partial charge in [-0.25, -0.2) is 0 Å². The van der Waals surface area contributed by atoms with Crippen LogP contribution in [-0.4, -0.2) is 57.6 Å². The molecule has 2 nitrogen and oxygen atoms in total. The lowest BCUT2D eigenvalue weighted by Crippen LogP contribution is -2.40. The standard InChI is InChI=1S/C20H38O2S4/c1-18(2,3)11-21-9-7-16-23-12-20(13-24-16)14-25-17(26-15-20)8-10-22-19(4,5)6/h16-17H,7-15H2,1-6H3. The Morgan fingerprint density at radius 3 is 1.65 bits per heavy atom. The highest BCUT2D eigenvalue weighted by Gasteiger charge is 2.40. The maximum absolute atomic E-state index is 5.90. The van der Waals surface area contributed by atoms with E-state index in [9.17, 15) is 0 Å². The molecule has 0 aromatic carbocycles. The Bertz CT molecular complexity index is 399. The smallest absolute Gasteiger partial charge is 0.0598 e. The second-order valence-corrected chi connectivity index (χ2v) is 15.1. The lowest BCUT2D eigenvalue weighted by molar-refractivity contribution is -0.00257. The fourth-order valence-corrected chi connectivity index (χ4v) is 9.57. The number of hydrogen-bond acceptors (Lipinski definition) is 6. The van der Waals surface area contributed by atoms with E-state index in [-0.39, 0.29) is 11.0 Å². The van der Waals surface area contributed by atoms with Crippen LogP contribution in [0.15, 0.2) is 0 Å². The lowest BCUT2D eigenvalue weighted by atomic mass is 9.99. The van der Waals surface area contributed by atoms with Crippen molar-refractivity contribution >= 4 is 47.0 Å². The summed E-state index contributed by atoms with van der Waals surface area (Å²) in [6, 6.07) is 0. The van der Waals surface area contributed by atoms with Gasteiger partial charge in [0.05, 0.1) is 21.4 Å². The van der Waals surface area contributed by atoms with E-state index in [0.29, 0.717) is 5.41 Å². The summed E-state index contributed by atoms with van der Waals surface area (Å²) in [6.45, 7) is 15.8. The topological polar surface area (TPSA) is 18.5 Å². The molecule has 6 heteroatoms. The molecule has 0 aromatic heterocycles. The van der Waals surface area contributed by atoms with E-state index < -0.39 is 0 Å². The van der Waals surface area contributed by atoms with E-state index in [4.69, 9.17) is 9.47 Å². The van der Waals surface area contributed by atoms with Gasteiger partial charge < -0.3 is 9.47 Å². The van der Waals surface area contributed by atoms with Crippen molar-refractivity contribution in [2.75, 3.05) is 42.8 Å². The van der Waals surface area contributed by atoms with Crippen molar-refractivity contribution in [3.8, 4) is 0 Å². The first-order valence-corrected chi connectivity index (χ1v) is 13.9. The molecular formula is C20H38O2S4. The van der Waals surface area contributed by atoms with Crippen LogP contribution < -0.4 is 0 Å². The molecule has 2 heterocycles. The molecule has 154 valence electrons. The van der Waals surface area contributed by atoms with Gasteiger partial charge >= 0.3 is 0 Å². The minimum atomic E-state index is -0.00647. The predicted octanol–water partition coefficient (Wildman–Crippen LogP) is 6.24. The minimum absolute atomic E-state index is 0.00647. The Morgan fingerprint density at radius 2 is 1.23 bits per heavy atom. The first kappa shape index (κ1) is 23.6. The molecule has 0 aromatic rings. The number of hydrogen-bond donors (Lipinski definition) is 0. The van der Waals surface area contributed by atoms with Gasteiger partial charge in [-0.05, 0) is 39.0 Å². The molecule has 26 heavy (non-hydrogen) atoms. The van der Waals surface area contributed by atoms with Crippen molar-refractivity contribution in [1.82, 2.24) is 0 Å². The molecule has 0 radical (unpaired) electrons. The summed E-state index contributed by atoms with van der Waals surface area (Å²) in [5, 5.41) is 0. The van der Waals surface area contributed by atoms with Crippen LogP contribution in [0.25, 0.3) is 0 Å². The molecule has 2 aliphatic rings. The SMILES string of the molecule is CC(C)(C)COCCC1SCC2(CS1)CSC(CCOC(C)(C)C)SC2.